The van der Waals surface area contributed by atoms with E-state index in [4.69, 9.17) is 5.73 Å². The fourth-order valence-electron chi connectivity index (χ4n) is 3.04. The number of nitriles is 1. The molecular weight excluding hydrogens is 286 g/mol. The van der Waals surface area contributed by atoms with Gasteiger partial charge in [-0.3, -0.25) is 4.57 Å². The van der Waals surface area contributed by atoms with Crippen molar-refractivity contribution in [2.75, 3.05) is 5.32 Å². The van der Waals surface area contributed by atoms with E-state index in [1.54, 1.807) is 0 Å². The Morgan fingerprint density at radius 1 is 1.17 bits per heavy atom. The topological polar surface area (TPSA) is 79.7 Å². The molecule has 2 aromatic carbocycles. The SMILES string of the molecule is Cc1ccc([C@@H]2C(C#N)=C(N)Nc3nc4ccccc4n32)cc1. The van der Waals surface area contributed by atoms with Crippen LogP contribution >= 0.6 is 0 Å². The molecule has 2 heterocycles. The first kappa shape index (κ1) is 13.4. The molecule has 1 aliphatic heterocycles. The number of hydrogen-bond donors (Lipinski definition) is 2. The van der Waals surface area contributed by atoms with Crippen LogP contribution in [0.25, 0.3) is 11.0 Å². The van der Waals surface area contributed by atoms with Crippen LogP contribution in [-0.4, -0.2) is 9.55 Å². The quantitative estimate of drug-likeness (QED) is 0.724. The standard InChI is InChI=1S/C18H15N5/c1-11-6-8-12(9-7-11)16-13(10-19)17(20)22-18-21-14-4-2-3-5-15(14)23(16)18/h2-9,16H,20H2,1H3,(H,21,22)/t16-/m1/s1. The Hall–Kier alpha value is -3.26. The molecule has 0 radical (unpaired) electrons. The molecule has 5 heteroatoms. The minimum atomic E-state index is -0.274. The second-order valence-electron chi connectivity index (χ2n) is 5.67. The molecule has 0 fully saturated rings. The number of nitrogens with zero attached hydrogens (tertiary/aromatic N) is 3. The Kier molecular flexibility index (Phi) is 2.85. The Bertz CT molecular complexity index is 973. The second kappa shape index (κ2) is 4.89. The van der Waals surface area contributed by atoms with Crippen LogP contribution in [-0.2, 0) is 0 Å². The maximum Gasteiger partial charge on any atom is 0.210 e. The fourth-order valence-corrected chi connectivity index (χ4v) is 3.04. The summed E-state index contributed by atoms with van der Waals surface area (Å²) in [6.45, 7) is 2.04. The summed E-state index contributed by atoms with van der Waals surface area (Å²) >= 11 is 0. The summed E-state index contributed by atoms with van der Waals surface area (Å²) < 4.78 is 2.04. The molecule has 3 N–H and O–H groups in total. The highest BCUT2D eigenvalue weighted by atomic mass is 15.3. The van der Waals surface area contributed by atoms with Crippen molar-refractivity contribution in [3.63, 3.8) is 0 Å². The van der Waals surface area contributed by atoms with Gasteiger partial charge in [0.25, 0.3) is 0 Å². The molecule has 1 aliphatic rings. The summed E-state index contributed by atoms with van der Waals surface area (Å²) in [5.74, 6) is 1.02. The van der Waals surface area contributed by atoms with E-state index in [-0.39, 0.29) is 6.04 Å². The maximum absolute atomic E-state index is 9.62. The lowest BCUT2D eigenvalue weighted by Gasteiger charge is -2.27. The van der Waals surface area contributed by atoms with Crippen LogP contribution in [0.1, 0.15) is 17.2 Å². The van der Waals surface area contributed by atoms with Gasteiger partial charge in [-0.15, -0.1) is 0 Å². The number of nitrogens with two attached hydrogens (primary N) is 1. The Labute approximate surface area is 133 Å². The lowest BCUT2D eigenvalue weighted by Crippen LogP contribution is -2.27. The number of aryl methyl sites for hydroxylation is 1. The van der Waals surface area contributed by atoms with Crippen molar-refractivity contribution in [3.05, 3.63) is 71.1 Å². The van der Waals surface area contributed by atoms with Crippen LogP contribution < -0.4 is 11.1 Å². The maximum atomic E-state index is 9.62. The number of hydrogen-bond acceptors (Lipinski definition) is 4. The van der Waals surface area contributed by atoms with Gasteiger partial charge in [-0.05, 0) is 24.6 Å². The largest absolute Gasteiger partial charge is 0.384 e. The molecule has 1 atom stereocenters. The van der Waals surface area contributed by atoms with E-state index >= 15 is 0 Å². The van der Waals surface area contributed by atoms with Crippen LogP contribution in [0.2, 0.25) is 0 Å². The van der Waals surface area contributed by atoms with E-state index < -0.39 is 0 Å². The predicted octanol–water partition coefficient (Wildman–Crippen LogP) is 3.05. The van der Waals surface area contributed by atoms with E-state index in [0.29, 0.717) is 17.3 Å². The molecule has 0 saturated heterocycles. The van der Waals surface area contributed by atoms with Crippen LogP contribution in [0, 0.1) is 18.3 Å². The zero-order valence-electron chi connectivity index (χ0n) is 12.6. The Morgan fingerprint density at radius 3 is 2.65 bits per heavy atom. The van der Waals surface area contributed by atoms with E-state index in [0.717, 1.165) is 16.6 Å². The van der Waals surface area contributed by atoms with Crippen molar-refractivity contribution < 1.29 is 0 Å². The van der Waals surface area contributed by atoms with E-state index in [2.05, 4.69) is 16.4 Å². The molecule has 23 heavy (non-hydrogen) atoms. The van der Waals surface area contributed by atoms with E-state index in [1.165, 1.54) is 5.56 Å². The molecule has 0 aliphatic carbocycles. The predicted molar refractivity (Wildman–Crippen MR) is 89.5 cm³/mol. The summed E-state index contributed by atoms with van der Waals surface area (Å²) in [5.41, 5.74) is 10.6. The van der Waals surface area contributed by atoms with Gasteiger partial charge in [0.2, 0.25) is 5.95 Å². The second-order valence-corrected chi connectivity index (χ2v) is 5.67. The summed E-state index contributed by atoms with van der Waals surface area (Å²) in [6, 6.07) is 18.0. The molecular formula is C18H15N5. The number of aromatic nitrogens is 2. The van der Waals surface area contributed by atoms with E-state index in [1.807, 2.05) is 60.0 Å². The molecule has 0 bridgehead atoms. The third kappa shape index (κ3) is 1.96. The lowest BCUT2D eigenvalue weighted by atomic mass is 9.96. The first-order chi connectivity index (χ1) is 11.2. The molecule has 1 aromatic heterocycles. The molecule has 0 saturated carbocycles. The van der Waals surface area contributed by atoms with Gasteiger partial charge in [-0.25, -0.2) is 4.98 Å². The van der Waals surface area contributed by atoms with Crippen molar-refractivity contribution in [1.29, 1.82) is 5.26 Å². The van der Waals surface area contributed by atoms with Crippen molar-refractivity contribution >= 4 is 17.0 Å². The van der Waals surface area contributed by atoms with Gasteiger partial charge in [-0.1, -0.05) is 42.0 Å². The smallest absolute Gasteiger partial charge is 0.210 e. The zero-order valence-corrected chi connectivity index (χ0v) is 12.6. The average molecular weight is 301 g/mol. The highest BCUT2D eigenvalue weighted by Gasteiger charge is 2.30. The van der Waals surface area contributed by atoms with Crippen molar-refractivity contribution in [3.8, 4) is 6.07 Å². The average Bonchev–Trinajstić information content (AvgIpc) is 2.92. The number of para-hydroxylation sites is 2. The van der Waals surface area contributed by atoms with Gasteiger partial charge in [0.05, 0.1) is 16.6 Å². The van der Waals surface area contributed by atoms with Crippen molar-refractivity contribution in [2.24, 2.45) is 5.73 Å². The van der Waals surface area contributed by atoms with E-state index in [9.17, 15) is 5.26 Å². The third-order valence-electron chi connectivity index (χ3n) is 4.18. The van der Waals surface area contributed by atoms with Gasteiger partial charge in [0.15, 0.2) is 0 Å². The summed E-state index contributed by atoms with van der Waals surface area (Å²) in [7, 11) is 0. The number of imidazole rings is 1. The third-order valence-corrected chi connectivity index (χ3v) is 4.18. The summed E-state index contributed by atoms with van der Waals surface area (Å²) in [6.07, 6.45) is 0. The fraction of sp³-hybridized carbons (Fsp3) is 0.111. The highest BCUT2D eigenvalue weighted by molar-refractivity contribution is 5.80. The highest BCUT2D eigenvalue weighted by Crippen LogP contribution is 2.37. The molecule has 3 aromatic rings. The normalized spacial score (nSPS) is 16.8. The van der Waals surface area contributed by atoms with Gasteiger partial charge < -0.3 is 11.1 Å². The molecule has 4 rings (SSSR count). The Balaban J connectivity index is 2.02. The minimum absolute atomic E-state index is 0.274. The van der Waals surface area contributed by atoms with Gasteiger partial charge in [-0.2, -0.15) is 5.26 Å². The van der Waals surface area contributed by atoms with Gasteiger partial charge in [0.1, 0.15) is 17.9 Å². The van der Waals surface area contributed by atoms with Crippen LogP contribution in [0.3, 0.4) is 0 Å². The number of nitrogens with one attached hydrogen (secondary N) is 1. The van der Waals surface area contributed by atoms with Crippen molar-refractivity contribution in [1.82, 2.24) is 9.55 Å². The van der Waals surface area contributed by atoms with Crippen LogP contribution in [0.15, 0.2) is 59.9 Å². The zero-order chi connectivity index (χ0) is 16.0. The molecule has 0 spiro atoms. The summed E-state index contributed by atoms with van der Waals surface area (Å²) in [4.78, 5) is 4.59. The number of rotatable bonds is 1. The minimum Gasteiger partial charge on any atom is -0.384 e. The van der Waals surface area contributed by atoms with Crippen LogP contribution in [0.4, 0.5) is 5.95 Å². The molecule has 0 amide bonds. The van der Waals surface area contributed by atoms with Crippen LogP contribution in [0.5, 0.6) is 0 Å². The summed E-state index contributed by atoms with van der Waals surface area (Å²) in [5, 5.41) is 12.7. The monoisotopic (exact) mass is 301 g/mol. The molecule has 112 valence electrons. The first-order valence-corrected chi connectivity index (χ1v) is 7.39. The molecule has 0 unspecified atom stereocenters. The van der Waals surface area contributed by atoms with Gasteiger partial charge >= 0.3 is 0 Å². The number of anilines is 1. The number of benzene rings is 2. The van der Waals surface area contributed by atoms with Gasteiger partial charge in [0, 0.05) is 0 Å². The lowest BCUT2D eigenvalue weighted by molar-refractivity contribution is 0.680. The Morgan fingerprint density at radius 2 is 1.91 bits per heavy atom. The number of fused-ring (bicyclic) bond motifs is 3. The number of allylic oxidation sites excluding steroid dienone is 1. The first-order valence-electron chi connectivity index (χ1n) is 7.39. The molecule has 5 nitrogen and oxygen atoms in total. The van der Waals surface area contributed by atoms with Crippen molar-refractivity contribution in [2.45, 2.75) is 13.0 Å².